The van der Waals surface area contributed by atoms with Crippen LogP contribution in [-0.4, -0.2) is 49.3 Å². The van der Waals surface area contributed by atoms with E-state index in [2.05, 4.69) is 34.3 Å². The number of rotatable bonds is 8. The average Bonchev–Trinajstić information content (AvgIpc) is 2.96. The van der Waals surface area contributed by atoms with Gasteiger partial charge in [-0.15, -0.1) is 0 Å². The molecule has 1 N–H and O–H groups in total. The van der Waals surface area contributed by atoms with Crippen LogP contribution >= 0.6 is 0 Å². The molecule has 1 unspecified atom stereocenters. The highest BCUT2D eigenvalue weighted by molar-refractivity contribution is 5.03. The molecule has 1 aromatic heterocycles. The number of nitrogens with one attached hydrogen (secondary N) is 1. The molecule has 0 bridgehead atoms. The summed E-state index contributed by atoms with van der Waals surface area (Å²) in [5.41, 5.74) is 1.15. The first-order valence-electron chi connectivity index (χ1n) is 7.29. The van der Waals surface area contributed by atoms with Crippen LogP contribution in [0.25, 0.3) is 0 Å². The fraction of sp³-hybridized carbons (Fsp3) is 0.667. The van der Waals surface area contributed by atoms with Crippen molar-refractivity contribution in [2.75, 3.05) is 39.4 Å². The van der Waals surface area contributed by atoms with Gasteiger partial charge >= 0.3 is 0 Å². The molecule has 0 radical (unpaired) electrons. The fourth-order valence-corrected chi connectivity index (χ4v) is 2.36. The second kappa shape index (κ2) is 8.25. The molecule has 0 aromatic carbocycles. The van der Waals surface area contributed by atoms with E-state index in [4.69, 9.17) is 4.74 Å². The van der Waals surface area contributed by atoms with Crippen molar-refractivity contribution >= 4 is 0 Å². The normalized spacial score (nSPS) is 19.2. The fourth-order valence-electron chi connectivity index (χ4n) is 2.36. The van der Waals surface area contributed by atoms with E-state index in [1.165, 1.54) is 6.42 Å². The van der Waals surface area contributed by atoms with Gasteiger partial charge in [0.05, 0.1) is 12.3 Å². The van der Waals surface area contributed by atoms with Crippen LogP contribution in [0.2, 0.25) is 0 Å². The van der Waals surface area contributed by atoms with Crippen LogP contribution in [0.5, 0.6) is 0 Å². The van der Waals surface area contributed by atoms with Gasteiger partial charge in [0.1, 0.15) is 0 Å². The molecule has 0 amide bonds. The maximum Gasteiger partial charge on any atom is 0.0543 e. The summed E-state index contributed by atoms with van der Waals surface area (Å²) in [6, 6.07) is 6.10. The molecule has 4 heteroatoms. The van der Waals surface area contributed by atoms with E-state index in [1.807, 2.05) is 12.3 Å². The number of hydrogen-bond donors (Lipinski definition) is 1. The summed E-state index contributed by atoms with van der Waals surface area (Å²) in [4.78, 5) is 6.80. The topological polar surface area (TPSA) is 37.4 Å². The summed E-state index contributed by atoms with van der Waals surface area (Å²) < 4.78 is 5.38. The molecule has 1 aliphatic heterocycles. The Hall–Kier alpha value is -0.970. The van der Waals surface area contributed by atoms with E-state index in [0.717, 1.165) is 51.6 Å². The molecule has 4 nitrogen and oxygen atoms in total. The maximum absolute atomic E-state index is 5.38. The molecule has 0 spiro atoms. The molecule has 1 atom stereocenters. The second-order valence-corrected chi connectivity index (χ2v) is 5.12. The number of hydrogen-bond acceptors (Lipinski definition) is 4. The zero-order chi connectivity index (χ0) is 13.3. The van der Waals surface area contributed by atoms with Crippen molar-refractivity contribution in [2.45, 2.75) is 19.9 Å². The molecule has 1 saturated heterocycles. The van der Waals surface area contributed by atoms with Crippen molar-refractivity contribution in [3.8, 4) is 0 Å². The Balaban J connectivity index is 1.62. The quantitative estimate of drug-likeness (QED) is 0.722. The van der Waals surface area contributed by atoms with Crippen LogP contribution in [0.15, 0.2) is 24.4 Å². The zero-order valence-corrected chi connectivity index (χ0v) is 11.8. The van der Waals surface area contributed by atoms with Crippen molar-refractivity contribution in [3.05, 3.63) is 30.1 Å². The Bertz CT molecular complexity index is 339. The summed E-state index contributed by atoms with van der Waals surface area (Å²) in [7, 11) is 0. The van der Waals surface area contributed by atoms with Crippen molar-refractivity contribution in [1.29, 1.82) is 0 Å². The van der Waals surface area contributed by atoms with Crippen LogP contribution in [-0.2, 0) is 11.3 Å². The third-order valence-electron chi connectivity index (χ3n) is 3.62. The third kappa shape index (κ3) is 5.27. The van der Waals surface area contributed by atoms with Gasteiger partial charge in [-0.1, -0.05) is 13.0 Å². The highest BCUT2D eigenvalue weighted by atomic mass is 16.5. The Morgan fingerprint density at radius 3 is 3.11 bits per heavy atom. The molecular weight excluding hydrogens is 238 g/mol. The highest BCUT2D eigenvalue weighted by Gasteiger charge is 2.14. The van der Waals surface area contributed by atoms with E-state index >= 15 is 0 Å². The van der Waals surface area contributed by atoms with Crippen LogP contribution in [0.1, 0.15) is 19.0 Å². The Kier molecular flexibility index (Phi) is 6.27. The van der Waals surface area contributed by atoms with E-state index < -0.39 is 0 Å². The monoisotopic (exact) mass is 263 g/mol. The summed E-state index contributed by atoms with van der Waals surface area (Å²) in [5, 5.41) is 3.54. The number of ether oxygens (including phenoxy) is 1. The molecule has 19 heavy (non-hydrogen) atoms. The first-order chi connectivity index (χ1) is 9.38. The Labute approximate surface area is 116 Å². The molecule has 0 aliphatic carbocycles. The van der Waals surface area contributed by atoms with Crippen molar-refractivity contribution < 1.29 is 4.74 Å². The molecule has 1 fully saturated rings. The van der Waals surface area contributed by atoms with Gasteiger partial charge in [0.15, 0.2) is 0 Å². The van der Waals surface area contributed by atoms with Gasteiger partial charge in [-0.05, 0) is 31.0 Å². The standard InChI is InChI=1S/C15H25N3O/c1-2-18(12-15-5-3-4-7-17-15)9-8-16-11-14-6-10-19-13-14/h3-5,7,14,16H,2,6,8-13H2,1H3. The highest BCUT2D eigenvalue weighted by Crippen LogP contribution is 2.10. The molecule has 2 rings (SSSR count). The summed E-state index contributed by atoms with van der Waals surface area (Å²) in [6.07, 6.45) is 3.07. The van der Waals surface area contributed by atoms with Crippen molar-refractivity contribution in [3.63, 3.8) is 0 Å². The number of nitrogens with zero attached hydrogens (tertiary/aromatic N) is 2. The lowest BCUT2D eigenvalue weighted by atomic mass is 10.1. The van der Waals surface area contributed by atoms with E-state index in [-0.39, 0.29) is 0 Å². The Morgan fingerprint density at radius 2 is 2.42 bits per heavy atom. The van der Waals surface area contributed by atoms with Gasteiger partial charge in [0.25, 0.3) is 0 Å². The number of pyridine rings is 1. The predicted molar refractivity (Wildman–Crippen MR) is 77.0 cm³/mol. The van der Waals surface area contributed by atoms with E-state index in [1.54, 1.807) is 0 Å². The summed E-state index contributed by atoms with van der Waals surface area (Å²) in [6.45, 7) is 9.26. The van der Waals surface area contributed by atoms with Crippen LogP contribution in [0.3, 0.4) is 0 Å². The van der Waals surface area contributed by atoms with E-state index in [9.17, 15) is 0 Å². The first kappa shape index (κ1) is 14.4. The summed E-state index contributed by atoms with van der Waals surface area (Å²) in [5.74, 6) is 0.714. The lowest BCUT2D eigenvalue weighted by molar-refractivity contribution is 0.185. The summed E-state index contributed by atoms with van der Waals surface area (Å²) >= 11 is 0. The van der Waals surface area contributed by atoms with E-state index in [0.29, 0.717) is 5.92 Å². The largest absolute Gasteiger partial charge is 0.381 e. The predicted octanol–water partition coefficient (Wildman–Crippen LogP) is 1.53. The van der Waals surface area contributed by atoms with Gasteiger partial charge in [-0.3, -0.25) is 9.88 Å². The zero-order valence-electron chi connectivity index (χ0n) is 11.8. The SMILES string of the molecule is CCN(CCNCC1CCOC1)Cc1ccccn1. The van der Waals surface area contributed by atoms with Gasteiger partial charge in [0.2, 0.25) is 0 Å². The molecule has 1 aromatic rings. The number of likely N-dealkylation sites (N-methyl/N-ethyl adjacent to an activating group) is 1. The minimum atomic E-state index is 0.714. The molecular formula is C15H25N3O. The average molecular weight is 263 g/mol. The minimum Gasteiger partial charge on any atom is -0.381 e. The Morgan fingerprint density at radius 1 is 1.47 bits per heavy atom. The van der Waals surface area contributed by atoms with Gasteiger partial charge in [-0.25, -0.2) is 0 Å². The van der Waals surface area contributed by atoms with Gasteiger partial charge in [-0.2, -0.15) is 0 Å². The maximum atomic E-state index is 5.38. The number of aromatic nitrogens is 1. The molecule has 2 heterocycles. The minimum absolute atomic E-state index is 0.714. The van der Waals surface area contributed by atoms with Crippen molar-refractivity contribution in [2.24, 2.45) is 5.92 Å². The molecule has 0 saturated carbocycles. The molecule has 106 valence electrons. The third-order valence-corrected chi connectivity index (χ3v) is 3.62. The second-order valence-electron chi connectivity index (χ2n) is 5.12. The van der Waals surface area contributed by atoms with Crippen LogP contribution in [0, 0.1) is 5.92 Å². The van der Waals surface area contributed by atoms with Crippen LogP contribution in [0.4, 0.5) is 0 Å². The van der Waals surface area contributed by atoms with Crippen molar-refractivity contribution in [1.82, 2.24) is 15.2 Å². The van der Waals surface area contributed by atoms with Gasteiger partial charge in [0, 0.05) is 39.0 Å². The smallest absolute Gasteiger partial charge is 0.0543 e. The lowest BCUT2D eigenvalue weighted by Crippen LogP contribution is -2.34. The van der Waals surface area contributed by atoms with Gasteiger partial charge < -0.3 is 10.1 Å². The lowest BCUT2D eigenvalue weighted by Gasteiger charge is -2.20. The van der Waals surface area contributed by atoms with Crippen LogP contribution < -0.4 is 5.32 Å². The molecule has 1 aliphatic rings. The first-order valence-corrected chi connectivity index (χ1v) is 7.29.